The maximum Gasteiger partial charge on any atom is 0.306 e. The molecular weight excluding hydrogens is 424 g/mol. The minimum atomic E-state index is -0.767. The van der Waals surface area contributed by atoms with Crippen LogP contribution < -0.4 is 5.32 Å². The number of aliphatic carboxylic acids is 1. The van der Waals surface area contributed by atoms with Crippen LogP contribution in [-0.2, 0) is 16.8 Å². The summed E-state index contributed by atoms with van der Waals surface area (Å²) in [6.45, 7) is 11.9. The number of carbonyl (C=O) groups excluding carboxylic acids is 1. The number of nitrogens with zero attached hydrogens (tertiary/aromatic N) is 1. The Balaban J connectivity index is 1.67. The van der Waals surface area contributed by atoms with Gasteiger partial charge in [0.25, 0.3) is 5.91 Å². The third kappa shape index (κ3) is 5.08. The molecule has 0 radical (unpaired) electrons. The second-order valence-electron chi connectivity index (χ2n) is 11.6. The zero-order valence-electron chi connectivity index (χ0n) is 21.4. The standard InChI is InChI=1S/C29H40N2O3/c1-18-11-12-21(15-25(18)29(3,4)5)26-16-24(27(32)30-23-13-22(14-23)28(33)34)19(2)31(26)17-20-9-7-6-8-10-20/h11-12,15-16,20,22-23H,6-10,13-14,17H2,1-5H3,(H,30,32)(H,33,34)/t22-,23-. The molecule has 1 aromatic carbocycles. The Morgan fingerprint density at radius 3 is 2.35 bits per heavy atom. The van der Waals surface area contributed by atoms with Gasteiger partial charge < -0.3 is 15.0 Å². The first-order valence-electron chi connectivity index (χ1n) is 12.9. The molecule has 5 heteroatoms. The van der Waals surface area contributed by atoms with Crippen molar-refractivity contribution in [3.63, 3.8) is 0 Å². The van der Waals surface area contributed by atoms with Gasteiger partial charge in [-0.15, -0.1) is 0 Å². The first kappa shape index (κ1) is 24.6. The molecule has 2 aromatic rings. The predicted octanol–water partition coefficient (Wildman–Crippen LogP) is 6.24. The molecule has 0 unspecified atom stereocenters. The van der Waals surface area contributed by atoms with Gasteiger partial charge in [-0.3, -0.25) is 9.59 Å². The summed E-state index contributed by atoms with van der Waals surface area (Å²) in [6.07, 6.45) is 7.44. The van der Waals surface area contributed by atoms with Crippen molar-refractivity contribution in [1.82, 2.24) is 9.88 Å². The lowest BCUT2D eigenvalue weighted by molar-refractivity contribution is -0.145. The smallest absolute Gasteiger partial charge is 0.306 e. The number of rotatable bonds is 6. The summed E-state index contributed by atoms with van der Waals surface area (Å²) in [7, 11) is 0. The van der Waals surface area contributed by atoms with Crippen LogP contribution in [0.4, 0.5) is 0 Å². The Morgan fingerprint density at radius 2 is 1.74 bits per heavy atom. The molecule has 2 aliphatic carbocycles. The molecule has 0 atom stereocenters. The van der Waals surface area contributed by atoms with Gasteiger partial charge in [-0.05, 0) is 79.7 Å². The lowest BCUT2D eigenvalue weighted by Crippen LogP contribution is -2.46. The van der Waals surface area contributed by atoms with Crippen LogP contribution in [0.25, 0.3) is 11.3 Å². The largest absolute Gasteiger partial charge is 0.481 e. The Hall–Kier alpha value is -2.56. The maximum atomic E-state index is 13.2. The average Bonchev–Trinajstić information content (AvgIpc) is 3.06. The first-order chi connectivity index (χ1) is 16.0. The third-order valence-corrected chi connectivity index (χ3v) is 7.94. The molecule has 0 aliphatic heterocycles. The molecule has 2 aliphatic rings. The van der Waals surface area contributed by atoms with Crippen LogP contribution in [0.2, 0.25) is 0 Å². The zero-order valence-corrected chi connectivity index (χ0v) is 21.4. The van der Waals surface area contributed by atoms with Crippen LogP contribution >= 0.6 is 0 Å². The quantitative estimate of drug-likeness (QED) is 0.531. The number of aromatic nitrogens is 1. The number of hydrogen-bond donors (Lipinski definition) is 2. The van der Waals surface area contributed by atoms with Crippen LogP contribution in [0.5, 0.6) is 0 Å². The molecule has 5 nitrogen and oxygen atoms in total. The van der Waals surface area contributed by atoms with Gasteiger partial charge >= 0.3 is 5.97 Å². The summed E-state index contributed by atoms with van der Waals surface area (Å²) in [5.74, 6) is -0.541. The predicted molar refractivity (Wildman–Crippen MR) is 136 cm³/mol. The number of carboxylic acids is 1. The first-order valence-corrected chi connectivity index (χ1v) is 12.9. The summed E-state index contributed by atoms with van der Waals surface area (Å²) in [5.41, 5.74) is 6.63. The van der Waals surface area contributed by atoms with Gasteiger partial charge in [-0.25, -0.2) is 0 Å². The molecule has 2 fully saturated rings. The Morgan fingerprint density at radius 1 is 1.06 bits per heavy atom. The number of hydrogen-bond acceptors (Lipinski definition) is 2. The molecule has 0 bridgehead atoms. The van der Waals surface area contributed by atoms with E-state index in [0.717, 1.165) is 23.5 Å². The van der Waals surface area contributed by atoms with E-state index < -0.39 is 5.97 Å². The van der Waals surface area contributed by atoms with Gasteiger partial charge in [0.15, 0.2) is 0 Å². The number of amides is 1. The van der Waals surface area contributed by atoms with Crippen molar-refractivity contribution < 1.29 is 14.7 Å². The highest BCUT2D eigenvalue weighted by Gasteiger charge is 2.36. The van der Waals surface area contributed by atoms with Crippen molar-refractivity contribution in [3.05, 3.63) is 46.6 Å². The summed E-state index contributed by atoms with van der Waals surface area (Å²) >= 11 is 0. The fourth-order valence-electron chi connectivity index (χ4n) is 5.77. The molecule has 1 heterocycles. The second kappa shape index (κ2) is 9.59. The molecule has 0 spiro atoms. The minimum Gasteiger partial charge on any atom is -0.481 e. The molecule has 1 aromatic heterocycles. The van der Waals surface area contributed by atoms with Crippen LogP contribution in [0.1, 0.15) is 92.9 Å². The summed E-state index contributed by atoms with van der Waals surface area (Å²) < 4.78 is 2.36. The van der Waals surface area contributed by atoms with E-state index >= 15 is 0 Å². The van der Waals surface area contributed by atoms with E-state index in [4.69, 9.17) is 5.11 Å². The fraction of sp³-hybridized carbons (Fsp3) is 0.586. The monoisotopic (exact) mass is 464 g/mol. The van der Waals surface area contributed by atoms with Crippen molar-refractivity contribution >= 4 is 11.9 Å². The highest BCUT2D eigenvalue weighted by Crippen LogP contribution is 2.35. The molecule has 2 N–H and O–H groups in total. The number of carboxylic acid groups (broad SMARTS) is 1. The van der Waals surface area contributed by atoms with Gasteiger partial charge in [0.2, 0.25) is 0 Å². The molecule has 0 saturated heterocycles. The molecule has 34 heavy (non-hydrogen) atoms. The topological polar surface area (TPSA) is 71.3 Å². The molecule has 1 amide bonds. The maximum absolute atomic E-state index is 13.2. The summed E-state index contributed by atoms with van der Waals surface area (Å²) in [4.78, 5) is 24.4. The van der Waals surface area contributed by atoms with E-state index in [2.05, 4.69) is 68.8 Å². The normalized spacial score (nSPS) is 21.2. The highest BCUT2D eigenvalue weighted by atomic mass is 16.4. The van der Waals surface area contributed by atoms with Crippen molar-refractivity contribution in [3.8, 4) is 11.3 Å². The van der Waals surface area contributed by atoms with E-state index in [1.54, 1.807) is 0 Å². The van der Waals surface area contributed by atoms with E-state index in [9.17, 15) is 9.59 Å². The Labute approximate surface area is 203 Å². The Bertz CT molecular complexity index is 1060. The second-order valence-corrected chi connectivity index (χ2v) is 11.6. The zero-order chi connectivity index (χ0) is 24.6. The molecule has 184 valence electrons. The van der Waals surface area contributed by atoms with E-state index in [0.29, 0.717) is 24.3 Å². The van der Waals surface area contributed by atoms with Crippen molar-refractivity contribution in [2.24, 2.45) is 11.8 Å². The molecular formula is C29H40N2O3. The lowest BCUT2D eigenvalue weighted by atomic mass is 9.80. The van der Waals surface area contributed by atoms with Crippen LogP contribution in [0.3, 0.4) is 0 Å². The van der Waals surface area contributed by atoms with E-state index in [1.165, 1.54) is 43.2 Å². The van der Waals surface area contributed by atoms with Crippen LogP contribution in [0, 0.1) is 25.7 Å². The minimum absolute atomic E-state index is 0.0427. The summed E-state index contributed by atoms with van der Waals surface area (Å²) in [5, 5.41) is 12.2. The van der Waals surface area contributed by atoms with Gasteiger partial charge in [-0.1, -0.05) is 52.2 Å². The van der Waals surface area contributed by atoms with Gasteiger partial charge in [0, 0.05) is 24.0 Å². The van der Waals surface area contributed by atoms with Gasteiger partial charge in [-0.2, -0.15) is 0 Å². The SMILES string of the molecule is Cc1ccc(-c2cc(C(=O)N[C@H]3C[C@H](C(=O)O)C3)c(C)n2CC2CCCCC2)cc1C(C)(C)C. The number of nitrogens with one attached hydrogen (secondary N) is 1. The molecule has 4 rings (SSSR count). The van der Waals surface area contributed by atoms with Crippen LogP contribution in [-0.4, -0.2) is 27.6 Å². The average molecular weight is 465 g/mol. The highest BCUT2D eigenvalue weighted by molar-refractivity contribution is 5.97. The van der Waals surface area contributed by atoms with Gasteiger partial charge in [0.1, 0.15) is 0 Å². The number of aryl methyl sites for hydroxylation is 1. The third-order valence-electron chi connectivity index (χ3n) is 7.94. The fourth-order valence-corrected chi connectivity index (χ4v) is 5.77. The Kier molecular flexibility index (Phi) is 6.93. The van der Waals surface area contributed by atoms with Crippen molar-refractivity contribution in [1.29, 1.82) is 0 Å². The number of benzene rings is 1. The van der Waals surface area contributed by atoms with Gasteiger partial charge in [0.05, 0.1) is 11.5 Å². The van der Waals surface area contributed by atoms with E-state index in [1.807, 2.05) is 0 Å². The van der Waals surface area contributed by atoms with E-state index in [-0.39, 0.29) is 23.3 Å². The lowest BCUT2D eigenvalue weighted by Gasteiger charge is -2.32. The summed E-state index contributed by atoms with van der Waals surface area (Å²) in [6, 6.07) is 8.68. The molecule has 2 saturated carbocycles. The van der Waals surface area contributed by atoms with Crippen molar-refractivity contribution in [2.45, 2.75) is 97.6 Å². The van der Waals surface area contributed by atoms with Crippen molar-refractivity contribution in [2.75, 3.05) is 0 Å². The number of carbonyl (C=O) groups is 2. The van der Waals surface area contributed by atoms with Crippen LogP contribution in [0.15, 0.2) is 24.3 Å².